The smallest absolute Gasteiger partial charge is 0.248 e. The SMILES string of the molecule is CC(Nc1nc(-n2ccnc2)ns1)C(=O)NCCc1ccc2c(c1)OCO2. The lowest BCUT2D eigenvalue weighted by atomic mass is 10.1. The highest BCUT2D eigenvalue weighted by Gasteiger charge is 2.16. The molecule has 140 valence electrons. The van der Waals surface area contributed by atoms with Gasteiger partial charge in [-0.3, -0.25) is 9.36 Å². The highest BCUT2D eigenvalue weighted by Crippen LogP contribution is 2.32. The molecule has 1 aliphatic rings. The Balaban J connectivity index is 1.26. The highest BCUT2D eigenvalue weighted by atomic mass is 32.1. The fraction of sp³-hybridized carbons (Fsp3) is 0.294. The second kappa shape index (κ2) is 7.62. The summed E-state index contributed by atoms with van der Waals surface area (Å²) in [5, 5.41) is 6.57. The van der Waals surface area contributed by atoms with E-state index in [1.807, 2.05) is 18.2 Å². The number of hydrogen-bond acceptors (Lipinski definition) is 8. The lowest BCUT2D eigenvalue weighted by Gasteiger charge is -2.13. The van der Waals surface area contributed by atoms with Crippen molar-refractivity contribution >= 4 is 22.6 Å². The summed E-state index contributed by atoms with van der Waals surface area (Å²) in [6, 6.07) is 5.37. The number of benzene rings is 1. The van der Waals surface area contributed by atoms with Crippen molar-refractivity contribution in [2.75, 3.05) is 18.7 Å². The van der Waals surface area contributed by atoms with E-state index in [4.69, 9.17) is 9.47 Å². The third-order valence-electron chi connectivity index (χ3n) is 4.03. The Kier molecular flexibility index (Phi) is 4.88. The molecule has 9 nitrogen and oxygen atoms in total. The van der Waals surface area contributed by atoms with E-state index < -0.39 is 6.04 Å². The molecule has 10 heteroatoms. The van der Waals surface area contributed by atoms with Gasteiger partial charge in [0.25, 0.3) is 0 Å². The van der Waals surface area contributed by atoms with Crippen LogP contribution in [0, 0.1) is 0 Å². The van der Waals surface area contributed by atoms with Crippen molar-refractivity contribution in [2.24, 2.45) is 0 Å². The van der Waals surface area contributed by atoms with Gasteiger partial charge in [-0.2, -0.15) is 9.36 Å². The molecule has 0 radical (unpaired) electrons. The Bertz CT molecular complexity index is 927. The van der Waals surface area contributed by atoms with Gasteiger partial charge in [0, 0.05) is 30.5 Å². The standard InChI is InChI=1S/C17H18N6O3S/c1-11(20-17-21-16(22-27-17)23-7-6-18-9-23)15(24)19-5-4-12-2-3-13-14(8-12)26-10-25-13/h2-3,6-9,11H,4-5,10H2,1H3,(H,19,24)(H,20,21,22). The van der Waals surface area contributed by atoms with Crippen LogP contribution in [0.2, 0.25) is 0 Å². The average Bonchev–Trinajstić information content (AvgIpc) is 3.42. The molecule has 4 rings (SSSR count). The largest absolute Gasteiger partial charge is 0.454 e. The van der Waals surface area contributed by atoms with Crippen molar-refractivity contribution in [2.45, 2.75) is 19.4 Å². The Morgan fingerprint density at radius 1 is 1.37 bits per heavy atom. The first-order valence-corrected chi connectivity index (χ1v) is 9.21. The summed E-state index contributed by atoms with van der Waals surface area (Å²) in [6.45, 7) is 2.57. The summed E-state index contributed by atoms with van der Waals surface area (Å²) >= 11 is 1.20. The molecule has 1 aliphatic heterocycles. The lowest BCUT2D eigenvalue weighted by molar-refractivity contribution is -0.121. The first-order valence-electron chi connectivity index (χ1n) is 8.44. The average molecular weight is 386 g/mol. The van der Waals surface area contributed by atoms with Crippen LogP contribution >= 0.6 is 11.5 Å². The molecule has 1 amide bonds. The van der Waals surface area contributed by atoms with Gasteiger partial charge in [0.1, 0.15) is 12.4 Å². The van der Waals surface area contributed by atoms with Crippen molar-refractivity contribution in [1.29, 1.82) is 0 Å². The van der Waals surface area contributed by atoms with Crippen LogP contribution in [0.1, 0.15) is 12.5 Å². The maximum Gasteiger partial charge on any atom is 0.248 e. The Labute approximate surface area is 159 Å². The van der Waals surface area contributed by atoms with Gasteiger partial charge in [0.2, 0.25) is 23.8 Å². The number of amides is 1. The number of nitrogens with zero attached hydrogens (tertiary/aromatic N) is 4. The number of aromatic nitrogens is 4. The molecule has 0 aliphatic carbocycles. The third kappa shape index (κ3) is 4.00. The van der Waals surface area contributed by atoms with Crippen LogP contribution < -0.4 is 20.1 Å². The number of hydrogen-bond donors (Lipinski definition) is 2. The van der Waals surface area contributed by atoms with Crippen LogP contribution in [0.3, 0.4) is 0 Å². The quantitative estimate of drug-likeness (QED) is 0.636. The predicted octanol–water partition coefficient (Wildman–Crippen LogP) is 1.61. The van der Waals surface area contributed by atoms with E-state index >= 15 is 0 Å². The first kappa shape index (κ1) is 17.3. The van der Waals surface area contributed by atoms with Gasteiger partial charge in [-0.25, -0.2) is 4.98 Å². The fourth-order valence-corrected chi connectivity index (χ4v) is 3.24. The normalized spacial score (nSPS) is 13.4. The zero-order valence-electron chi connectivity index (χ0n) is 14.6. The van der Waals surface area contributed by atoms with Crippen LogP contribution in [0.25, 0.3) is 5.95 Å². The van der Waals surface area contributed by atoms with Crippen molar-refractivity contribution < 1.29 is 14.3 Å². The molecule has 0 saturated carbocycles. The number of carbonyl (C=O) groups is 1. The van der Waals surface area contributed by atoms with Crippen molar-refractivity contribution in [3.05, 3.63) is 42.5 Å². The lowest BCUT2D eigenvalue weighted by Crippen LogP contribution is -2.38. The van der Waals surface area contributed by atoms with Crippen LogP contribution in [0.4, 0.5) is 5.13 Å². The van der Waals surface area contributed by atoms with Crippen LogP contribution in [-0.2, 0) is 11.2 Å². The van der Waals surface area contributed by atoms with Gasteiger partial charge in [-0.1, -0.05) is 6.07 Å². The van der Waals surface area contributed by atoms with Crippen LogP contribution in [0.15, 0.2) is 36.9 Å². The van der Waals surface area contributed by atoms with E-state index in [9.17, 15) is 4.79 Å². The summed E-state index contributed by atoms with van der Waals surface area (Å²) in [7, 11) is 0. The van der Waals surface area contributed by atoms with Gasteiger partial charge >= 0.3 is 0 Å². The van der Waals surface area contributed by atoms with E-state index in [-0.39, 0.29) is 12.7 Å². The number of rotatable bonds is 7. The van der Waals surface area contributed by atoms with E-state index in [2.05, 4.69) is 25.0 Å². The number of anilines is 1. The number of carbonyl (C=O) groups excluding carboxylic acids is 1. The Morgan fingerprint density at radius 2 is 2.26 bits per heavy atom. The van der Waals surface area contributed by atoms with E-state index in [1.165, 1.54) is 11.5 Å². The van der Waals surface area contributed by atoms with Gasteiger partial charge < -0.3 is 20.1 Å². The fourth-order valence-electron chi connectivity index (χ4n) is 2.59. The zero-order chi connectivity index (χ0) is 18.6. The molecule has 3 heterocycles. The van der Waals surface area contributed by atoms with E-state index in [1.54, 1.807) is 30.2 Å². The summed E-state index contributed by atoms with van der Waals surface area (Å²) in [4.78, 5) is 20.6. The number of imidazole rings is 1. The van der Waals surface area contributed by atoms with Crippen molar-refractivity contribution in [1.82, 2.24) is 24.2 Å². The molecule has 0 bridgehead atoms. The molecule has 3 aromatic rings. The maximum atomic E-state index is 12.3. The topological polar surface area (TPSA) is 103 Å². The zero-order valence-corrected chi connectivity index (χ0v) is 15.4. The number of fused-ring (bicyclic) bond motifs is 1. The highest BCUT2D eigenvalue weighted by molar-refractivity contribution is 7.09. The van der Waals surface area contributed by atoms with Gasteiger partial charge in [0.05, 0.1) is 0 Å². The second-order valence-electron chi connectivity index (χ2n) is 5.96. The molecule has 1 aromatic carbocycles. The molecule has 0 spiro atoms. The van der Waals surface area contributed by atoms with Crippen molar-refractivity contribution in [3.63, 3.8) is 0 Å². The summed E-state index contributed by atoms with van der Waals surface area (Å²) in [5.41, 5.74) is 1.08. The van der Waals surface area contributed by atoms with E-state index in [0.717, 1.165) is 17.1 Å². The minimum absolute atomic E-state index is 0.102. The second-order valence-corrected chi connectivity index (χ2v) is 6.72. The Hall–Kier alpha value is -3.14. The molecular formula is C17H18N6O3S. The first-order chi connectivity index (χ1) is 13.2. The summed E-state index contributed by atoms with van der Waals surface area (Å²) in [5.74, 6) is 1.93. The van der Waals surface area contributed by atoms with Gasteiger partial charge in [-0.15, -0.1) is 0 Å². The van der Waals surface area contributed by atoms with Crippen molar-refractivity contribution in [3.8, 4) is 17.4 Å². The van der Waals surface area contributed by atoms with Crippen LogP contribution in [0.5, 0.6) is 11.5 Å². The monoisotopic (exact) mass is 386 g/mol. The van der Waals surface area contributed by atoms with Crippen LogP contribution in [-0.4, -0.2) is 44.2 Å². The minimum Gasteiger partial charge on any atom is -0.454 e. The molecule has 1 unspecified atom stereocenters. The molecule has 0 fully saturated rings. The molecule has 2 N–H and O–H groups in total. The Morgan fingerprint density at radius 3 is 3.11 bits per heavy atom. The molecular weight excluding hydrogens is 368 g/mol. The van der Waals surface area contributed by atoms with Gasteiger partial charge in [0.15, 0.2) is 11.5 Å². The molecule has 1 atom stereocenters. The summed E-state index contributed by atoms with van der Waals surface area (Å²) < 4.78 is 16.6. The molecule has 2 aromatic heterocycles. The van der Waals surface area contributed by atoms with E-state index in [0.29, 0.717) is 24.0 Å². The molecule has 0 saturated heterocycles. The predicted molar refractivity (Wildman–Crippen MR) is 99.4 cm³/mol. The summed E-state index contributed by atoms with van der Waals surface area (Å²) in [6.07, 6.45) is 5.75. The minimum atomic E-state index is -0.426. The van der Waals surface area contributed by atoms with Gasteiger partial charge in [-0.05, 0) is 31.0 Å². The number of ether oxygens (including phenoxy) is 2. The number of nitrogens with one attached hydrogen (secondary N) is 2. The maximum absolute atomic E-state index is 12.3. The molecule has 27 heavy (non-hydrogen) atoms. The third-order valence-corrected chi connectivity index (χ3v) is 4.67.